The maximum absolute atomic E-state index is 10.3. The molecule has 0 aliphatic carbocycles. The van der Waals surface area contributed by atoms with Crippen LogP contribution in [0.15, 0.2) is 25.6 Å². The van der Waals surface area contributed by atoms with E-state index < -0.39 is 36.5 Å². The number of hydrogen-bond acceptors (Lipinski definition) is 12. The first-order valence-corrected chi connectivity index (χ1v) is 13.2. The van der Waals surface area contributed by atoms with Crippen molar-refractivity contribution < 1.29 is 34.8 Å². The molecule has 4 N–H and O–H groups in total. The van der Waals surface area contributed by atoms with Crippen molar-refractivity contribution in [3.63, 3.8) is 0 Å². The van der Waals surface area contributed by atoms with E-state index in [9.17, 15) is 19.8 Å². The average Bonchev–Trinajstić information content (AvgIpc) is 3.01. The van der Waals surface area contributed by atoms with Crippen LogP contribution in [0.4, 0.5) is 0 Å². The van der Waals surface area contributed by atoms with Gasteiger partial charge in [-0.15, -0.1) is 0 Å². The average molecular weight is 630 g/mol. The predicted octanol–water partition coefficient (Wildman–Crippen LogP) is 4.35. The standard InChI is InChI=1S/C8H15N3O4.C4H9N3O.C4H7N3O.C3H5N3O.C3H7N3/c1-2-4-6(10-11-9)8(14)7(13)5(3-12)15-4;1-4(3-8)2-6-7-5;1-3(4(2)8)6-7-5;1-3(7)2-5-6-4;1-2-3-5-6-4/h4-8,12-14H,2-3H2,1H3;4,8H,2-3H2,1H3;3H,1-2H3;2H2,1H3;2-3H2,1H3. The molecule has 1 saturated heterocycles. The van der Waals surface area contributed by atoms with Crippen molar-refractivity contribution in [1.82, 2.24) is 0 Å². The fraction of sp³-hybridized carbons (Fsp3) is 0.909. The number of carbonyl (C=O) groups is 2. The van der Waals surface area contributed by atoms with Gasteiger partial charge in [0.2, 0.25) is 0 Å². The lowest BCUT2D eigenvalue weighted by atomic mass is 9.92. The Bertz CT molecular complexity index is 1030. The summed E-state index contributed by atoms with van der Waals surface area (Å²) in [6.07, 6.45) is -2.26. The summed E-state index contributed by atoms with van der Waals surface area (Å²) in [5, 5.41) is 52.6. The third-order valence-electron chi connectivity index (χ3n) is 4.90. The lowest BCUT2D eigenvalue weighted by Crippen LogP contribution is -2.57. The Kier molecular flexibility index (Phi) is 35.2. The molecular formula is C22H43N15O7. The van der Waals surface area contributed by atoms with Gasteiger partial charge in [0.25, 0.3) is 0 Å². The lowest BCUT2D eigenvalue weighted by molar-refractivity contribution is -0.188. The van der Waals surface area contributed by atoms with Gasteiger partial charge in [0, 0.05) is 44.3 Å². The summed E-state index contributed by atoms with van der Waals surface area (Å²) in [5.74, 6) is -0.133. The largest absolute Gasteiger partial charge is 0.396 e. The molecule has 0 amide bonds. The van der Waals surface area contributed by atoms with Gasteiger partial charge in [-0.05, 0) is 60.8 Å². The van der Waals surface area contributed by atoms with E-state index in [0.29, 0.717) is 19.5 Å². The molecular weight excluding hydrogens is 586 g/mol. The number of rotatable bonds is 12. The van der Waals surface area contributed by atoms with Crippen LogP contribution in [0.5, 0.6) is 0 Å². The second-order valence-corrected chi connectivity index (χ2v) is 8.72. The van der Waals surface area contributed by atoms with Gasteiger partial charge in [-0.3, -0.25) is 9.59 Å². The number of nitrogens with zero attached hydrogens (tertiary/aromatic N) is 15. The topological polar surface area (TPSA) is 368 Å². The Labute approximate surface area is 254 Å². The number of aliphatic hydroxyl groups is 4. The first-order valence-electron chi connectivity index (χ1n) is 13.2. The number of azide groups is 5. The van der Waals surface area contributed by atoms with Crippen molar-refractivity contribution >= 4 is 11.6 Å². The van der Waals surface area contributed by atoms with Gasteiger partial charge in [0.15, 0.2) is 0 Å². The molecule has 7 atom stereocenters. The summed E-state index contributed by atoms with van der Waals surface area (Å²) in [6, 6.07) is -1.32. The molecule has 22 nitrogen and oxygen atoms in total. The van der Waals surface area contributed by atoms with Gasteiger partial charge in [-0.2, -0.15) is 0 Å². The number of ether oxygens (including phenoxy) is 1. The smallest absolute Gasteiger partial charge is 0.138 e. The highest BCUT2D eigenvalue weighted by Crippen LogP contribution is 2.25. The van der Waals surface area contributed by atoms with Gasteiger partial charge in [0.05, 0.1) is 37.4 Å². The molecule has 0 aromatic rings. The van der Waals surface area contributed by atoms with Crippen molar-refractivity contribution in [2.24, 2.45) is 31.5 Å². The van der Waals surface area contributed by atoms with E-state index in [0.717, 1.165) is 6.42 Å². The van der Waals surface area contributed by atoms with Crippen LogP contribution in [0, 0.1) is 5.92 Å². The molecule has 1 fully saturated rings. The van der Waals surface area contributed by atoms with Crippen molar-refractivity contribution in [1.29, 1.82) is 0 Å². The zero-order valence-electron chi connectivity index (χ0n) is 25.7. The Morgan fingerprint density at radius 3 is 1.70 bits per heavy atom. The molecule has 0 saturated carbocycles. The molecule has 1 aliphatic heterocycles. The zero-order valence-corrected chi connectivity index (χ0v) is 25.7. The molecule has 0 bridgehead atoms. The van der Waals surface area contributed by atoms with Crippen LogP contribution in [-0.4, -0.2) is 101 Å². The van der Waals surface area contributed by atoms with Crippen LogP contribution in [0.2, 0.25) is 0 Å². The van der Waals surface area contributed by atoms with Gasteiger partial charge >= 0.3 is 0 Å². The lowest BCUT2D eigenvalue weighted by Gasteiger charge is -2.40. The van der Waals surface area contributed by atoms with Crippen molar-refractivity contribution in [3.8, 4) is 0 Å². The normalized spacial score (nSPS) is 20.4. The van der Waals surface area contributed by atoms with Crippen molar-refractivity contribution in [2.75, 3.05) is 32.8 Å². The Morgan fingerprint density at radius 1 is 0.841 bits per heavy atom. The molecule has 0 radical (unpaired) electrons. The minimum Gasteiger partial charge on any atom is -0.396 e. The number of aliphatic hydroxyl groups excluding tert-OH is 4. The highest BCUT2D eigenvalue weighted by atomic mass is 16.5. The van der Waals surface area contributed by atoms with Crippen molar-refractivity contribution in [3.05, 3.63) is 52.2 Å². The second kappa shape index (κ2) is 33.2. The maximum Gasteiger partial charge on any atom is 0.138 e. The summed E-state index contributed by atoms with van der Waals surface area (Å²) < 4.78 is 5.31. The van der Waals surface area contributed by atoms with Crippen LogP contribution < -0.4 is 0 Å². The summed E-state index contributed by atoms with van der Waals surface area (Å²) in [6.45, 7) is 10.6. The van der Waals surface area contributed by atoms with Gasteiger partial charge in [0.1, 0.15) is 23.8 Å². The molecule has 0 aromatic heterocycles. The number of hydrogen-bond donors (Lipinski definition) is 4. The van der Waals surface area contributed by atoms with Crippen LogP contribution >= 0.6 is 0 Å². The van der Waals surface area contributed by atoms with Crippen LogP contribution in [0.3, 0.4) is 0 Å². The summed E-state index contributed by atoms with van der Waals surface area (Å²) in [4.78, 5) is 32.7. The molecule has 248 valence electrons. The van der Waals surface area contributed by atoms with Gasteiger partial charge in [-0.1, -0.05) is 52.8 Å². The second-order valence-electron chi connectivity index (χ2n) is 8.72. The zero-order chi connectivity index (χ0) is 34.9. The maximum atomic E-state index is 10.3. The molecule has 7 unspecified atom stereocenters. The summed E-state index contributed by atoms with van der Waals surface area (Å²) >= 11 is 0. The Morgan fingerprint density at radius 2 is 1.41 bits per heavy atom. The highest BCUT2D eigenvalue weighted by molar-refractivity contribution is 5.81. The molecule has 0 spiro atoms. The fourth-order valence-electron chi connectivity index (χ4n) is 2.39. The van der Waals surface area contributed by atoms with Gasteiger partial charge in [-0.25, -0.2) is 0 Å². The fourth-order valence-corrected chi connectivity index (χ4v) is 2.39. The predicted molar refractivity (Wildman–Crippen MR) is 160 cm³/mol. The first kappa shape index (κ1) is 46.6. The third-order valence-corrected chi connectivity index (χ3v) is 4.90. The SMILES string of the molecule is CC(=O)C(C)N=[N+]=[N-].CC(=O)CN=[N+]=[N-].CC(CO)CN=[N+]=[N-].CCC1OC(CO)C(O)C(O)C1N=[N+]=[N-].CCCN=[N+]=[N-]. The van der Waals surface area contributed by atoms with Crippen molar-refractivity contribution in [2.45, 2.75) is 90.9 Å². The number of ketones is 2. The molecule has 1 aliphatic rings. The summed E-state index contributed by atoms with van der Waals surface area (Å²) in [7, 11) is 0. The molecule has 1 heterocycles. The van der Waals surface area contributed by atoms with E-state index in [4.69, 9.17) is 42.6 Å². The molecule has 0 aromatic carbocycles. The quantitative estimate of drug-likeness (QED) is 0.137. The third kappa shape index (κ3) is 27.8. The number of carbonyl (C=O) groups excluding carboxylic acids is 2. The van der Waals surface area contributed by atoms with E-state index in [1.165, 1.54) is 13.8 Å². The van der Waals surface area contributed by atoms with Crippen LogP contribution in [0.25, 0.3) is 52.2 Å². The van der Waals surface area contributed by atoms with Crippen LogP contribution in [0.1, 0.15) is 54.4 Å². The molecule has 22 heteroatoms. The van der Waals surface area contributed by atoms with E-state index in [2.05, 4.69) is 50.1 Å². The van der Waals surface area contributed by atoms with E-state index in [-0.39, 0.29) is 37.2 Å². The molecule has 44 heavy (non-hydrogen) atoms. The monoisotopic (exact) mass is 629 g/mol. The Balaban J connectivity index is -0.000000240. The van der Waals surface area contributed by atoms with Crippen LogP contribution in [-0.2, 0) is 14.3 Å². The van der Waals surface area contributed by atoms with E-state index in [1.807, 2.05) is 20.8 Å². The summed E-state index contributed by atoms with van der Waals surface area (Å²) in [5.41, 5.74) is 39.2. The molecule has 1 rings (SSSR count). The van der Waals surface area contributed by atoms with Gasteiger partial charge < -0.3 is 25.2 Å². The van der Waals surface area contributed by atoms with E-state index >= 15 is 0 Å². The minimum atomic E-state index is -1.23. The first-order chi connectivity index (χ1) is 20.8. The van der Waals surface area contributed by atoms with E-state index in [1.54, 1.807) is 6.92 Å². The Hall–Kier alpha value is -4.31. The highest BCUT2D eigenvalue weighted by Gasteiger charge is 2.42. The number of Topliss-reactive ketones (excluding diaryl/α,β-unsaturated/α-hetero) is 2. The minimum absolute atomic E-state index is 0.0313.